The first-order valence-electron chi connectivity index (χ1n) is 7.57. The van der Waals surface area contributed by atoms with Gasteiger partial charge in [0, 0.05) is 30.2 Å². The predicted octanol–water partition coefficient (Wildman–Crippen LogP) is 2.26. The number of hydrogen-bond donors (Lipinski definition) is 2. The molecule has 0 saturated heterocycles. The molecule has 2 rings (SSSR count). The van der Waals surface area contributed by atoms with E-state index in [9.17, 15) is 13.2 Å². The molecule has 7 heteroatoms. The third-order valence-corrected chi connectivity index (χ3v) is 5.62. The molecule has 5 nitrogen and oxygen atoms in total. The quantitative estimate of drug-likeness (QED) is 0.529. The van der Waals surface area contributed by atoms with Crippen LogP contribution in [0, 0.1) is 0 Å². The van der Waals surface area contributed by atoms with Crippen LogP contribution in [-0.2, 0) is 14.8 Å². The summed E-state index contributed by atoms with van der Waals surface area (Å²) in [6, 6.07) is 18.0. The summed E-state index contributed by atoms with van der Waals surface area (Å²) in [5, 5.41) is 2.78. The van der Waals surface area contributed by atoms with Crippen LogP contribution in [0.25, 0.3) is 0 Å². The van der Waals surface area contributed by atoms with E-state index in [0.717, 1.165) is 10.6 Å². The van der Waals surface area contributed by atoms with Gasteiger partial charge in [-0.1, -0.05) is 36.4 Å². The van der Waals surface area contributed by atoms with Crippen LogP contribution in [-0.4, -0.2) is 33.2 Å². The molecule has 2 aromatic carbocycles. The number of sulfonamides is 1. The van der Waals surface area contributed by atoms with E-state index in [4.69, 9.17) is 0 Å². The van der Waals surface area contributed by atoms with Gasteiger partial charge < -0.3 is 5.32 Å². The normalized spacial score (nSPS) is 11.2. The zero-order chi connectivity index (χ0) is 17.3. The molecule has 0 unspecified atom stereocenters. The fraction of sp³-hybridized carbons (Fsp3) is 0.235. The number of thioether (sulfide) groups is 1. The van der Waals surface area contributed by atoms with E-state index < -0.39 is 10.0 Å². The Labute approximate surface area is 146 Å². The molecule has 0 radical (unpaired) electrons. The average Bonchev–Trinajstić information content (AvgIpc) is 2.60. The molecule has 0 atom stereocenters. The number of carbonyl (C=O) groups excluding carboxylic acids is 1. The van der Waals surface area contributed by atoms with Gasteiger partial charge >= 0.3 is 0 Å². The van der Waals surface area contributed by atoms with Crippen molar-refractivity contribution in [2.24, 2.45) is 0 Å². The van der Waals surface area contributed by atoms with Gasteiger partial charge in [-0.25, -0.2) is 13.1 Å². The van der Waals surface area contributed by atoms with Gasteiger partial charge in [-0.15, -0.1) is 11.8 Å². The number of carbonyl (C=O) groups is 1. The third kappa shape index (κ3) is 6.35. The highest BCUT2D eigenvalue weighted by Gasteiger charge is 2.13. The van der Waals surface area contributed by atoms with Gasteiger partial charge in [-0.2, -0.15) is 0 Å². The maximum absolute atomic E-state index is 12.0. The molecule has 0 fully saturated rings. The number of amides is 1. The lowest BCUT2D eigenvalue weighted by atomic mass is 10.4. The van der Waals surface area contributed by atoms with Gasteiger partial charge in [0.05, 0.1) is 4.90 Å². The van der Waals surface area contributed by atoms with E-state index in [-0.39, 0.29) is 23.8 Å². The average molecular weight is 364 g/mol. The highest BCUT2D eigenvalue weighted by atomic mass is 32.2. The number of hydrogen-bond acceptors (Lipinski definition) is 4. The van der Waals surface area contributed by atoms with Gasteiger partial charge in [-0.05, 0) is 24.3 Å². The molecule has 128 valence electrons. The second kappa shape index (κ2) is 9.46. The van der Waals surface area contributed by atoms with Crippen molar-refractivity contribution >= 4 is 27.7 Å². The Kier molecular flexibility index (Phi) is 7.30. The monoisotopic (exact) mass is 364 g/mol. The van der Waals surface area contributed by atoms with Crippen molar-refractivity contribution in [3.63, 3.8) is 0 Å². The molecule has 24 heavy (non-hydrogen) atoms. The van der Waals surface area contributed by atoms with E-state index in [0.29, 0.717) is 6.54 Å². The summed E-state index contributed by atoms with van der Waals surface area (Å²) < 4.78 is 26.4. The molecule has 0 aliphatic rings. The minimum absolute atomic E-state index is 0.0783. The number of rotatable bonds is 9. The predicted molar refractivity (Wildman–Crippen MR) is 96.4 cm³/mol. The van der Waals surface area contributed by atoms with Crippen LogP contribution in [0.5, 0.6) is 0 Å². The molecule has 2 aromatic rings. The Bertz CT molecular complexity index is 735. The van der Waals surface area contributed by atoms with E-state index >= 15 is 0 Å². The molecule has 0 aliphatic carbocycles. The van der Waals surface area contributed by atoms with Gasteiger partial charge in [0.15, 0.2) is 0 Å². The van der Waals surface area contributed by atoms with Crippen molar-refractivity contribution in [1.82, 2.24) is 10.0 Å². The molecule has 2 N–H and O–H groups in total. The molecule has 0 aromatic heterocycles. The van der Waals surface area contributed by atoms with Crippen LogP contribution in [0.1, 0.15) is 6.42 Å². The van der Waals surface area contributed by atoms with Crippen molar-refractivity contribution in [3.05, 3.63) is 60.7 Å². The lowest BCUT2D eigenvalue weighted by molar-refractivity contribution is -0.120. The number of benzene rings is 2. The second-order valence-corrected chi connectivity index (χ2v) is 7.91. The first-order valence-corrected chi connectivity index (χ1v) is 10.0. The van der Waals surface area contributed by atoms with Crippen LogP contribution in [0.4, 0.5) is 0 Å². The minimum atomic E-state index is -3.55. The standard InChI is InChI=1S/C17H20N2O3S2/c20-17(18-13-14-23-15-7-3-1-4-8-15)11-12-19-24(21,22)16-9-5-2-6-10-16/h1-10,19H,11-14H2,(H,18,20). The minimum Gasteiger partial charge on any atom is -0.355 e. The van der Waals surface area contributed by atoms with Gasteiger partial charge in [0.2, 0.25) is 15.9 Å². The molecule has 0 spiro atoms. The Morgan fingerprint density at radius 1 is 0.917 bits per heavy atom. The Morgan fingerprint density at radius 3 is 2.21 bits per heavy atom. The van der Waals surface area contributed by atoms with Crippen LogP contribution >= 0.6 is 11.8 Å². The maximum atomic E-state index is 12.0. The van der Waals surface area contributed by atoms with Crippen molar-refractivity contribution in [2.45, 2.75) is 16.2 Å². The zero-order valence-electron chi connectivity index (χ0n) is 13.1. The summed E-state index contributed by atoms with van der Waals surface area (Å²) >= 11 is 1.66. The molecular formula is C17H20N2O3S2. The lowest BCUT2D eigenvalue weighted by Crippen LogP contribution is -2.31. The second-order valence-electron chi connectivity index (χ2n) is 4.97. The highest BCUT2D eigenvalue weighted by Crippen LogP contribution is 2.15. The summed E-state index contributed by atoms with van der Waals surface area (Å²) in [6.07, 6.45) is 0.113. The highest BCUT2D eigenvalue weighted by molar-refractivity contribution is 7.99. The zero-order valence-corrected chi connectivity index (χ0v) is 14.8. The third-order valence-electron chi connectivity index (χ3n) is 3.13. The first kappa shape index (κ1) is 18.5. The summed E-state index contributed by atoms with van der Waals surface area (Å²) in [4.78, 5) is 13.1. The molecule has 0 saturated carbocycles. The van der Waals surface area contributed by atoms with Crippen LogP contribution in [0.15, 0.2) is 70.5 Å². The van der Waals surface area contributed by atoms with Crippen LogP contribution in [0.3, 0.4) is 0 Å². The summed E-state index contributed by atoms with van der Waals surface area (Å²) in [5.74, 6) is 0.602. The fourth-order valence-electron chi connectivity index (χ4n) is 1.95. The Balaban J connectivity index is 1.63. The van der Waals surface area contributed by atoms with Gasteiger partial charge in [0.1, 0.15) is 0 Å². The SMILES string of the molecule is O=C(CCNS(=O)(=O)c1ccccc1)NCCSc1ccccc1. The number of nitrogens with one attached hydrogen (secondary N) is 2. The van der Waals surface area contributed by atoms with Crippen molar-refractivity contribution < 1.29 is 13.2 Å². The Hall–Kier alpha value is -1.83. The smallest absolute Gasteiger partial charge is 0.240 e. The van der Waals surface area contributed by atoms with E-state index in [2.05, 4.69) is 10.0 Å². The van der Waals surface area contributed by atoms with E-state index in [1.54, 1.807) is 30.0 Å². The summed E-state index contributed by atoms with van der Waals surface area (Å²) in [6.45, 7) is 0.624. The van der Waals surface area contributed by atoms with Crippen molar-refractivity contribution in [3.8, 4) is 0 Å². The topological polar surface area (TPSA) is 75.3 Å². The largest absolute Gasteiger partial charge is 0.355 e. The summed E-state index contributed by atoms with van der Waals surface area (Å²) in [5.41, 5.74) is 0. The van der Waals surface area contributed by atoms with Gasteiger partial charge in [-0.3, -0.25) is 4.79 Å². The molecule has 0 bridgehead atoms. The van der Waals surface area contributed by atoms with Gasteiger partial charge in [0.25, 0.3) is 0 Å². The van der Waals surface area contributed by atoms with Crippen LogP contribution < -0.4 is 10.0 Å². The molecular weight excluding hydrogens is 344 g/mol. The lowest BCUT2D eigenvalue weighted by Gasteiger charge is -2.07. The van der Waals surface area contributed by atoms with E-state index in [1.165, 1.54) is 12.1 Å². The molecule has 0 aliphatic heterocycles. The van der Waals surface area contributed by atoms with E-state index in [1.807, 2.05) is 30.3 Å². The van der Waals surface area contributed by atoms with Crippen molar-refractivity contribution in [1.29, 1.82) is 0 Å². The Morgan fingerprint density at radius 2 is 1.54 bits per heavy atom. The maximum Gasteiger partial charge on any atom is 0.240 e. The van der Waals surface area contributed by atoms with Crippen LogP contribution in [0.2, 0.25) is 0 Å². The fourth-order valence-corrected chi connectivity index (χ4v) is 3.79. The molecule has 0 heterocycles. The first-order chi connectivity index (χ1) is 11.6. The molecule has 1 amide bonds. The summed E-state index contributed by atoms with van der Waals surface area (Å²) in [7, 11) is -3.55. The van der Waals surface area contributed by atoms with Crippen molar-refractivity contribution in [2.75, 3.05) is 18.8 Å².